The lowest BCUT2D eigenvalue weighted by Gasteiger charge is -2.32. The molecule has 0 aromatic rings. The number of amides is 1. The number of carbonyl (C=O) groups excluding carboxylic acids is 1. The van der Waals surface area contributed by atoms with E-state index in [0.29, 0.717) is 18.6 Å². The van der Waals surface area contributed by atoms with Gasteiger partial charge in [0.05, 0.1) is 6.61 Å². The number of nitrogens with zero attached hydrogens (tertiary/aromatic N) is 2. The average Bonchev–Trinajstić information content (AvgIpc) is 2.46. The summed E-state index contributed by atoms with van der Waals surface area (Å²) in [6, 6.07) is 0.362. The number of nitrogens with one attached hydrogen (secondary N) is 2. The normalized spacial score (nSPS) is 16.2. The molecule has 1 amide bonds. The Morgan fingerprint density at radius 1 is 1.32 bits per heavy atom. The number of likely N-dealkylation sites (tertiary alicyclic amines) is 1. The van der Waals surface area contributed by atoms with E-state index < -0.39 is 0 Å². The Kier molecular flexibility index (Phi) is 11.4. The first-order valence-corrected chi connectivity index (χ1v) is 8.03. The molecule has 0 spiro atoms. The second-order valence-electron chi connectivity index (χ2n) is 5.72. The molecule has 0 aliphatic carbocycles. The Labute approximate surface area is 151 Å². The summed E-state index contributed by atoms with van der Waals surface area (Å²) in [7, 11) is 0. The fourth-order valence-electron chi connectivity index (χ4n) is 2.21. The topological polar surface area (TPSA) is 66.0 Å². The molecule has 1 aliphatic heterocycles. The van der Waals surface area contributed by atoms with Crippen molar-refractivity contribution in [3.63, 3.8) is 0 Å². The molecule has 0 aromatic carbocycles. The van der Waals surface area contributed by atoms with E-state index in [-0.39, 0.29) is 30.1 Å². The van der Waals surface area contributed by atoms with E-state index in [1.54, 1.807) is 4.90 Å². The maximum atomic E-state index is 11.7. The maximum absolute atomic E-state index is 11.7. The van der Waals surface area contributed by atoms with Crippen LogP contribution in [0, 0.1) is 5.92 Å². The lowest BCUT2D eigenvalue weighted by molar-refractivity contribution is 0.0963. The van der Waals surface area contributed by atoms with Crippen LogP contribution in [0.25, 0.3) is 0 Å². The summed E-state index contributed by atoms with van der Waals surface area (Å²) in [5, 5.41) is 6.74. The molecule has 7 heteroatoms. The number of hydrogen-bond donors (Lipinski definition) is 2. The van der Waals surface area contributed by atoms with E-state index in [1.165, 1.54) is 0 Å². The summed E-state index contributed by atoms with van der Waals surface area (Å²) in [5.41, 5.74) is 0. The molecule has 0 radical (unpaired) electrons. The van der Waals surface area contributed by atoms with Gasteiger partial charge in [0, 0.05) is 32.2 Å². The van der Waals surface area contributed by atoms with Crippen LogP contribution >= 0.6 is 24.0 Å². The number of guanidine groups is 1. The summed E-state index contributed by atoms with van der Waals surface area (Å²) < 4.78 is 5.03. The minimum absolute atomic E-state index is 0. The van der Waals surface area contributed by atoms with Crippen molar-refractivity contribution < 1.29 is 9.53 Å². The van der Waals surface area contributed by atoms with Crippen molar-refractivity contribution in [2.45, 2.75) is 46.6 Å². The number of ether oxygens (including phenoxy) is 1. The third kappa shape index (κ3) is 8.05. The van der Waals surface area contributed by atoms with Crippen molar-refractivity contribution in [1.29, 1.82) is 0 Å². The van der Waals surface area contributed by atoms with E-state index in [0.717, 1.165) is 45.0 Å². The van der Waals surface area contributed by atoms with E-state index in [9.17, 15) is 4.79 Å². The SMILES string of the molecule is CCNC(=NCC(C)C)NC1CCN(C(=O)OCC)CC1.I. The molecule has 0 unspecified atom stereocenters. The van der Waals surface area contributed by atoms with Crippen LogP contribution in [-0.4, -0.2) is 55.8 Å². The minimum atomic E-state index is -0.198. The number of halogens is 1. The molecule has 1 fully saturated rings. The Balaban J connectivity index is 0.00000441. The van der Waals surface area contributed by atoms with E-state index in [1.807, 2.05) is 6.92 Å². The first kappa shape index (κ1) is 21.3. The number of hydrogen-bond acceptors (Lipinski definition) is 3. The molecule has 1 aliphatic rings. The highest BCUT2D eigenvalue weighted by molar-refractivity contribution is 14.0. The zero-order chi connectivity index (χ0) is 15.7. The summed E-state index contributed by atoms with van der Waals surface area (Å²) in [6.45, 7) is 11.8. The average molecular weight is 426 g/mol. The third-order valence-electron chi connectivity index (χ3n) is 3.32. The number of rotatable bonds is 5. The van der Waals surface area contributed by atoms with Crippen molar-refractivity contribution >= 4 is 36.0 Å². The van der Waals surface area contributed by atoms with Crippen molar-refractivity contribution in [1.82, 2.24) is 15.5 Å². The molecule has 6 nitrogen and oxygen atoms in total. The van der Waals surface area contributed by atoms with Gasteiger partial charge in [-0.2, -0.15) is 0 Å². The highest BCUT2D eigenvalue weighted by atomic mass is 127. The summed E-state index contributed by atoms with van der Waals surface area (Å²) >= 11 is 0. The van der Waals surface area contributed by atoms with Gasteiger partial charge in [0.15, 0.2) is 5.96 Å². The van der Waals surface area contributed by atoms with Crippen LogP contribution < -0.4 is 10.6 Å². The van der Waals surface area contributed by atoms with Crippen LogP contribution in [0.1, 0.15) is 40.5 Å². The molecular weight excluding hydrogens is 395 g/mol. The van der Waals surface area contributed by atoms with E-state index >= 15 is 0 Å². The lowest BCUT2D eigenvalue weighted by Crippen LogP contribution is -2.50. The third-order valence-corrected chi connectivity index (χ3v) is 3.32. The summed E-state index contributed by atoms with van der Waals surface area (Å²) in [6.07, 6.45) is 1.65. The van der Waals surface area contributed by atoms with Crippen molar-refractivity contribution in [3.05, 3.63) is 0 Å². The quantitative estimate of drug-likeness (QED) is 0.403. The predicted molar refractivity (Wildman–Crippen MR) is 101 cm³/mol. The van der Waals surface area contributed by atoms with E-state index in [2.05, 4.69) is 36.4 Å². The number of piperidine rings is 1. The van der Waals surface area contributed by atoms with Gasteiger partial charge in [0.2, 0.25) is 0 Å². The first-order valence-electron chi connectivity index (χ1n) is 8.03. The highest BCUT2D eigenvalue weighted by Crippen LogP contribution is 2.11. The van der Waals surface area contributed by atoms with Gasteiger partial charge in [0.1, 0.15) is 0 Å². The molecule has 22 heavy (non-hydrogen) atoms. The molecule has 2 N–H and O–H groups in total. The van der Waals surface area contributed by atoms with Gasteiger partial charge in [0.25, 0.3) is 0 Å². The largest absolute Gasteiger partial charge is 0.450 e. The number of carbonyl (C=O) groups is 1. The molecule has 0 saturated carbocycles. The molecule has 1 heterocycles. The van der Waals surface area contributed by atoms with Crippen molar-refractivity contribution in [2.75, 3.05) is 32.8 Å². The Morgan fingerprint density at radius 2 is 1.95 bits per heavy atom. The van der Waals surface area contributed by atoms with Crippen LogP contribution in [0.3, 0.4) is 0 Å². The molecule has 0 aromatic heterocycles. The highest BCUT2D eigenvalue weighted by Gasteiger charge is 2.23. The standard InChI is InChI=1S/C15H30N4O2.HI/c1-5-16-14(17-11-12(3)4)18-13-7-9-19(10-8-13)15(20)21-6-2;/h12-13H,5-11H2,1-4H3,(H2,16,17,18);1H. The summed E-state index contributed by atoms with van der Waals surface area (Å²) in [4.78, 5) is 18.0. The van der Waals surface area contributed by atoms with Gasteiger partial charge >= 0.3 is 6.09 Å². The van der Waals surface area contributed by atoms with Crippen molar-refractivity contribution in [2.24, 2.45) is 10.9 Å². The van der Waals surface area contributed by atoms with Gasteiger partial charge in [-0.25, -0.2) is 4.79 Å². The Morgan fingerprint density at radius 3 is 2.45 bits per heavy atom. The van der Waals surface area contributed by atoms with Crippen LogP contribution in [0.4, 0.5) is 4.79 Å². The minimum Gasteiger partial charge on any atom is -0.450 e. The van der Waals surface area contributed by atoms with Gasteiger partial charge in [-0.15, -0.1) is 24.0 Å². The molecule has 0 bridgehead atoms. The molecule has 0 atom stereocenters. The van der Waals surface area contributed by atoms with Crippen LogP contribution in [0.5, 0.6) is 0 Å². The molecule has 1 saturated heterocycles. The van der Waals surface area contributed by atoms with Gasteiger partial charge in [-0.05, 0) is 32.6 Å². The lowest BCUT2D eigenvalue weighted by atomic mass is 10.1. The zero-order valence-corrected chi connectivity index (χ0v) is 16.6. The van der Waals surface area contributed by atoms with Gasteiger partial charge in [-0.1, -0.05) is 13.8 Å². The fraction of sp³-hybridized carbons (Fsp3) is 0.867. The second kappa shape index (κ2) is 11.8. The molecule has 1 rings (SSSR count). The Hall–Kier alpha value is -0.730. The number of aliphatic imine (C=N–C) groups is 1. The van der Waals surface area contributed by atoms with Crippen LogP contribution in [0.2, 0.25) is 0 Å². The second-order valence-corrected chi connectivity index (χ2v) is 5.72. The molecule has 130 valence electrons. The summed E-state index contributed by atoms with van der Waals surface area (Å²) in [5.74, 6) is 1.42. The predicted octanol–water partition coefficient (Wildman–Crippen LogP) is 2.44. The van der Waals surface area contributed by atoms with Gasteiger partial charge < -0.3 is 20.3 Å². The Bertz CT molecular complexity index is 342. The zero-order valence-electron chi connectivity index (χ0n) is 14.2. The van der Waals surface area contributed by atoms with Crippen LogP contribution in [-0.2, 0) is 4.74 Å². The first-order chi connectivity index (χ1) is 10.1. The maximum Gasteiger partial charge on any atom is 0.409 e. The molecular formula is C15H31IN4O2. The fourth-order valence-corrected chi connectivity index (χ4v) is 2.21. The smallest absolute Gasteiger partial charge is 0.409 e. The van der Waals surface area contributed by atoms with Crippen molar-refractivity contribution in [3.8, 4) is 0 Å². The van der Waals surface area contributed by atoms with Crippen LogP contribution in [0.15, 0.2) is 4.99 Å². The van der Waals surface area contributed by atoms with E-state index in [4.69, 9.17) is 4.74 Å². The van der Waals surface area contributed by atoms with Gasteiger partial charge in [-0.3, -0.25) is 4.99 Å². The monoisotopic (exact) mass is 426 g/mol.